The van der Waals surface area contributed by atoms with Crippen LogP contribution in [0.1, 0.15) is 5.56 Å². The normalized spacial score (nSPS) is 10.9. The summed E-state index contributed by atoms with van der Waals surface area (Å²) < 4.78 is 10.4. The molecule has 0 aliphatic carbocycles. The maximum Gasteiger partial charge on any atom is 0.146 e. The van der Waals surface area contributed by atoms with E-state index in [0.29, 0.717) is 22.9 Å². The Hall–Kier alpha value is -3.28. The lowest BCUT2D eigenvalue weighted by molar-refractivity contribution is 0.384. The maximum absolute atomic E-state index is 10.1. The molecule has 0 saturated carbocycles. The molecule has 0 saturated heterocycles. The Morgan fingerprint density at radius 1 is 1.08 bits per heavy atom. The Morgan fingerprint density at radius 2 is 1.92 bits per heavy atom. The van der Waals surface area contributed by atoms with Gasteiger partial charge >= 0.3 is 0 Å². The largest absolute Gasteiger partial charge is 0.507 e. The number of phenolic OH excluding ortho intramolecular Hbond substituents is 1. The summed E-state index contributed by atoms with van der Waals surface area (Å²) in [6.45, 7) is 0. The highest BCUT2D eigenvalue weighted by atomic mass is 16.5. The van der Waals surface area contributed by atoms with Gasteiger partial charge in [0.05, 0.1) is 31.5 Å². The van der Waals surface area contributed by atoms with Gasteiger partial charge in [-0.1, -0.05) is 18.2 Å². The number of para-hydroxylation sites is 1. The van der Waals surface area contributed by atoms with E-state index >= 15 is 0 Å². The molecule has 0 atom stereocenters. The zero-order chi connectivity index (χ0) is 16.9. The molecule has 2 aromatic carbocycles. The smallest absolute Gasteiger partial charge is 0.146 e. The first kappa shape index (κ1) is 15.6. The van der Waals surface area contributed by atoms with Gasteiger partial charge in [0.15, 0.2) is 0 Å². The van der Waals surface area contributed by atoms with Crippen molar-refractivity contribution in [1.29, 1.82) is 0 Å². The second-order valence-electron chi connectivity index (χ2n) is 5.02. The Labute approximate surface area is 139 Å². The first-order valence-electron chi connectivity index (χ1n) is 7.31. The van der Waals surface area contributed by atoms with Crippen molar-refractivity contribution in [1.82, 2.24) is 4.98 Å². The number of anilines is 1. The number of hydrogen-bond acceptors (Lipinski definition) is 6. The molecule has 0 amide bonds. The van der Waals surface area contributed by atoms with Gasteiger partial charge in [-0.15, -0.1) is 0 Å². The Balaban J connectivity index is 1.82. The molecular weight excluding hydrogens is 306 g/mol. The number of phenols is 1. The maximum atomic E-state index is 10.1. The third-order valence-corrected chi connectivity index (χ3v) is 3.52. The van der Waals surface area contributed by atoms with E-state index in [1.54, 1.807) is 6.07 Å². The molecule has 6 nitrogen and oxygen atoms in total. The van der Waals surface area contributed by atoms with Crippen LogP contribution >= 0.6 is 0 Å². The average Bonchev–Trinajstić information content (AvgIpc) is 2.62. The van der Waals surface area contributed by atoms with Crippen LogP contribution in [0.5, 0.6) is 17.2 Å². The predicted octanol–water partition coefficient (Wildman–Crippen LogP) is 3.40. The number of ether oxygens (including phenoxy) is 2. The lowest BCUT2D eigenvalue weighted by atomic mass is 10.2. The van der Waals surface area contributed by atoms with Crippen molar-refractivity contribution in [3.05, 3.63) is 54.1 Å². The van der Waals surface area contributed by atoms with Gasteiger partial charge in [0.1, 0.15) is 23.1 Å². The van der Waals surface area contributed by atoms with Crippen LogP contribution in [0.15, 0.2) is 53.6 Å². The molecule has 3 aromatic rings. The minimum Gasteiger partial charge on any atom is -0.507 e. The van der Waals surface area contributed by atoms with Crippen molar-refractivity contribution >= 4 is 22.9 Å². The van der Waals surface area contributed by atoms with Crippen LogP contribution in [0.2, 0.25) is 0 Å². The summed E-state index contributed by atoms with van der Waals surface area (Å²) in [6, 6.07) is 14.8. The number of fused-ring (bicyclic) bond motifs is 1. The number of nitrogens with one attached hydrogen (secondary N) is 1. The molecule has 122 valence electrons. The molecule has 2 N–H and O–H groups in total. The summed E-state index contributed by atoms with van der Waals surface area (Å²) >= 11 is 0. The number of aromatic hydroxyl groups is 1. The fourth-order valence-electron chi connectivity index (χ4n) is 2.30. The van der Waals surface area contributed by atoms with E-state index in [0.717, 1.165) is 10.9 Å². The summed E-state index contributed by atoms with van der Waals surface area (Å²) in [4.78, 5) is 4.46. The number of methoxy groups -OCH3 is 2. The summed E-state index contributed by atoms with van der Waals surface area (Å²) in [5, 5.41) is 15.3. The summed E-state index contributed by atoms with van der Waals surface area (Å²) in [7, 11) is 3.04. The summed E-state index contributed by atoms with van der Waals surface area (Å²) in [5.74, 6) is 1.59. The molecule has 0 bridgehead atoms. The highest BCUT2D eigenvalue weighted by Gasteiger charge is 2.09. The van der Waals surface area contributed by atoms with Crippen LogP contribution in [0.25, 0.3) is 10.9 Å². The number of aromatic nitrogens is 1. The molecule has 3 rings (SSSR count). The van der Waals surface area contributed by atoms with Crippen molar-refractivity contribution in [3.63, 3.8) is 0 Å². The van der Waals surface area contributed by atoms with E-state index in [-0.39, 0.29) is 5.75 Å². The SMILES string of the molecule is COc1cc(O)c(/C=N/Nc2ccc3ccccc3n2)c(OC)c1. The van der Waals surface area contributed by atoms with E-state index in [1.165, 1.54) is 26.5 Å². The number of nitrogens with zero attached hydrogens (tertiary/aromatic N) is 2. The number of benzene rings is 2. The fourth-order valence-corrected chi connectivity index (χ4v) is 2.30. The predicted molar refractivity (Wildman–Crippen MR) is 94.2 cm³/mol. The van der Waals surface area contributed by atoms with Gasteiger partial charge in [-0.25, -0.2) is 4.98 Å². The van der Waals surface area contributed by atoms with E-state index in [2.05, 4.69) is 15.5 Å². The molecule has 0 aliphatic rings. The molecule has 0 spiro atoms. The molecular formula is C18H17N3O3. The van der Waals surface area contributed by atoms with E-state index in [1.807, 2.05) is 36.4 Å². The van der Waals surface area contributed by atoms with E-state index in [9.17, 15) is 5.11 Å². The van der Waals surface area contributed by atoms with Crippen LogP contribution in [0, 0.1) is 0 Å². The summed E-state index contributed by atoms with van der Waals surface area (Å²) in [5.41, 5.74) is 4.18. The molecule has 0 unspecified atom stereocenters. The number of pyridine rings is 1. The van der Waals surface area contributed by atoms with Crippen LogP contribution in [-0.4, -0.2) is 30.5 Å². The molecule has 0 aliphatic heterocycles. The highest BCUT2D eigenvalue weighted by molar-refractivity contribution is 5.88. The van der Waals surface area contributed by atoms with Gasteiger partial charge in [-0.2, -0.15) is 5.10 Å². The van der Waals surface area contributed by atoms with Gasteiger partial charge in [-0.05, 0) is 18.2 Å². The van der Waals surface area contributed by atoms with Crippen molar-refractivity contribution in [3.8, 4) is 17.2 Å². The van der Waals surface area contributed by atoms with Gasteiger partial charge in [0, 0.05) is 17.5 Å². The zero-order valence-corrected chi connectivity index (χ0v) is 13.4. The molecule has 6 heteroatoms. The molecule has 0 fully saturated rings. The topological polar surface area (TPSA) is 76.0 Å². The molecule has 0 radical (unpaired) electrons. The Bertz CT molecular complexity index is 894. The lowest BCUT2D eigenvalue weighted by Gasteiger charge is -2.09. The van der Waals surface area contributed by atoms with Gasteiger partial charge < -0.3 is 14.6 Å². The Kier molecular flexibility index (Phi) is 4.47. The van der Waals surface area contributed by atoms with Gasteiger partial charge in [0.25, 0.3) is 0 Å². The van der Waals surface area contributed by atoms with Crippen molar-refractivity contribution in [2.45, 2.75) is 0 Å². The monoisotopic (exact) mass is 323 g/mol. The lowest BCUT2D eigenvalue weighted by Crippen LogP contribution is -1.97. The van der Waals surface area contributed by atoms with E-state index < -0.39 is 0 Å². The van der Waals surface area contributed by atoms with Crippen molar-refractivity contribution in [2.75, 3.05) is 19.6 Å². The number of hydrazone groups is 1. The van der Waals surface area contributed by atoms with Crippen LogP contribution < -0.4 is 14.9 Å². The van der Waals surface area contributed by atoms with Gasteiger partial charge in [0.2, 0.25) is 0 Å². The fraction of sp³-hybridized carbons (Fsp3) is 0.111. The third kappa shape index (κ3) is 3.22. The second-order valence-corrected chi connectivity index (χ2v) is 5.02. The van der Waals surface area contributed by atoms with Crippen molar-refractivity contribution in [2.24, 2.45) is 5.10 Å². The first-order valence-corrected chi connectivity index (χ1v) is 7.31. The second kappa shape index (κ2) is 6.87. The molecule has 1 aromatic heterocycles. The summed E-state index contributed by atoms with van der Waals surface area (Å²) in [6.07, 6.45) is 1.48. The van der Waals surface area contributed by atoms with Gasteiger partial charge in [-0.3, -0.25) is 5.43 Å². The van der Waals surface area contributed by atoms with Crippen molar-refractivity contribution < 1.29 is 14.6 Å². The number of rotatable bonds is 5. The minimum atomic E-state index is 0.0169. The quantitative estimate of drug-likeness (QED) is 0.556. The zero-order valence-electron chi connectivity index (χ0n) is 13.4. The third-order valence-electron chi connectivity index (χ3n) is 3.52. The van der Waals surface area contributed by atoms with Crippen LogP contribution in [-0.2, 0) is 0 Å². The first-order chi connectivity index (χ1) is 11.7. The Morgan fingerprint density at radius 3 is 2.71 bits per heavy atom. The van der Waals surface area contributed by atoms with Crippen LogP contribution in [0.4, 0.5) is 5.82 Å². The highest BCUT2D eigenvalue weighted by Crippen LogP contribution is 2.31. The minimum absolute atomic E-state index is 0.0169. The standard InChI is InChI=1S/C18H17N3O3/c1-23-13-9-16(22)14(17(10-13)24-2)11-19-21-18-8-7-12-5-3-4-6-15(12)20-18/h3-11,22H,1-2H3,(H,20,21)/b19-11+. The van der Waals surface area contributed by atoms with Crippen LogP contribution in [0.3, 0.4) is 0 Å². The molecule has 24 heavy (non-hydrogen) atoms. The number of hydrogen-bond donors (Lipinski definition) is 2. The average molecular weight is 323 g/mol. The molecule has 1 heterocycles. The van der Waals surface area contributed by atoms with E-state index in [4.69, 9.17) is 9.47 Å².